The first-order valence-corrected chi connectivity index (χ1v) is 16.3. The fourth-order valence-corrected chi connectivity index (χ4v) is 6.20. The van der Waals surface area contributed by atoms with Gasteiger partial charge in [0.05, 0.1) is 33.0 Å². The van der Waals surface area contributed by atoms with Crippen molar-refractivity contribution in [3.8, 4) is 40.1 Å². The molecule has 20 heteroatoms. The molecule has 292 valence electrons. The fraction of sp³-hybridized carbons (Fsp3) is 0.545. The molecular formula is C33H40O20. The third-order valence-corrected chi connectivity index (χ3v) is 9.34. The van der Waals surface area contributed by atoms with Crippen molar-refractivity contribution in [3.63, 3.8) is 0 Å². The van der Waals surface area contributed by atoms with E-state index in [1.807, 2.05) is 0 Å². The maximum Gasteiger partial charge on any atom is 0.239 e. The summed E-state index contributed by atoms with van der Waals surface area (Å²) in [5.41, 5.74) is -3.56. The third-order valence-electron chi connectivity index (χ3n) is 9.34. The zero-order chi connectivity index (χ0) is 38.5. The van der Waals surface area contributed by atoms with Crippen molar-refractivity contribution >= 4 is 11.0 Å². The maximum absolute atomic E-state index is 14.1. The van der Waals surface area contributed by atoms with Gasteiger partial charge < -0.3 is 93.7 Å². The number of rotatable bonds is 10. The lowest BCUT2D eigenvalue weighted by molar-refractivity contribution is -0.335. The van der Waals surface area contributed by atoms with Crippen LogP contribution >= 0.6 is 0 Å². The molecule has 6 rings (SSSR count). The van der Waals surface area contributed by atoms with Crippen molar-refractivity contribution in [2.75, 3.05) is 26.9 Å². The van der Waals surface area contributed by atoms with E-state index < -0.39 is 139 Å². The molecule has 4 heterocycles. The molecule has 0 saturated carbocycles. The Morgan fingerprint density at radius 2 is 1.60 bits per heavy atom. The summed E-state index contributed by atoms with van der Waals surface area (Å²) in [7, 11) is 1.30. The van der Waals surface area contributed by atoms with Crippen LogP contribution in [0.2, 0.25) is 0 Å². The van der Waals surface area contributed by atoms with E-state index in [1.54, 1.807) is 0 Å². The van der Waals surface area contributed by atoms with Crippen LogP contribution in [0.25, 0.3) is 22.3 Å². The van der Waals surface area contributed by atoms with Gasteiger partial charge in [0.15, 0.2) is 35.9 Å². The highest BCUT2D eigenvalue weighted by atomic mass is 16.8. The van der Waals surface area contributed by atoms with Crippen molar-refractivity contribution < 1.29 is 93.7 Å². The zero-order valence-corrected chi connectivity index (χ0v) is 28.0. The van der Waals surface area contributed by atoms with Crippen molar-refractivity contribution in [1.82, 2.24) is 0 Å². The van der Waals surface area contributed by atoms with Crippen LogP contribution in [-0.4, -0.2) is 163 Å². The standard InChI is InChI=1S/C33H40O20/c1-11-20(38)23(41)25(43)30(49-11)47-8-18-21(39)24(42)28(53-32-29(44)33(45,9-34)10-48-32)31(51-18)52-27-22(40)19-15(37)6-13(35)7-17(19)50-26(27)12-3-4-16(46-2)14(36)5-12/h3-7,11,18,20-21,23-25,28-32,34-39,41-45H,8-10H2,1-2H3/t11-,18+,20-,21-,23+,24-,25+,28+,29-,30+,31-,32-,33+/m0/s1. The smallest absolute Gasteiger partial charge is 0.239 e. The Hall–Kier alpha value is -3.87. The average molecular weight is 757 g/mol. The molecule has 1 aromatic heterocycles. The summed E-state index contributed by atoms with van der Waals surface area (Å²) in [6.45, 7) is -0.837. The lowest BCUT2D eigenvalue weighted by atomic mass is 9.97. The average Bonchev–Trinajstić information content (AvgIpc) is 3.41. The van der Waals surface area contributed by atoms with Gasteiger partial charge in [0.1, 0.15) is 70.8 Å². The van der Waals surface area contributed by atoms with Crippen LogP contribution in [0.4, 0.5) is 0 Å². The van der Waals surface area contributed by atoms with Crippen LogP contribution in [0.15, 0.2) is 39.5 Å². The van der Waals surface area contributed by atoms with Crippen LogP contribution in [-0.2, 0) is 23.7 Å². The molecule has 3 aliphatic rings. The van der Waals surface area contributed by atoms with Gasteiger partial charge in [-0.05, 0) is 25.1 Å². The molecule has 0 spiro atoms. The fourth-order valence-electron chi connectivity index (χ4n) is 6.20. The summed E-state index contributed by atoms with van der Waals surface area (Å²) in [6, 6.07) is 5.73. The minimum absolute atomic E-state index is 0.00487. The number of benzene rings is 2. The number of ether oxygens (including phenoxy) is 7. The Bertz CT molecular complexity index is 1830. The molecule has 2 aromatic carbocycles. The van der Waals surface area contributed by atoms with Crippen LogP contribution in [0, 0.1) is 0 Å². The molecule has 0 radical (unpaired) electrons. The van der Waals surface area contributed by atoms with Gasteiger partial charge in [0.2, 0.25) is 17.5 Å². The van der Waals surface area contributed by atoms with E-state index in [4.69, 9.17) is 37.6 Å². The highest BCUT2D eigenvalue weighted by molar-refractivity contribution is 5.88. The van der Waals surface area contributed by atoms with Gasteiger partial charge >= 0.3 is 0 Å². The number of phenolic OH excluding ortho intramolecular Hbond substituents is 3. The van der Waals surface area contributed by atoms with Crippen LogP contribution < -0.4 is 14.9 Å². The van der Waals surface area contributed by atoms with E-state index in [1.165, 1.54) is 26.2 Å². The van der Waals surface area contributed by atoms with Gasteiger partial charge in [0.25, 0.3) is 0 Å². The molecule has 11 N–H and O–H groups in total. The number of aliphatic hydroxyl groups excluding tert-OH is 7. The second-order valence-electron chi connectivity index (χ2n) is 13.0. The van der Waals surface area contributed by atoms with E-state index in [-0.39, 0.29) is 16.9 Å². The quantitative estimate of drug-likeness (QED) is 0.0987. The van der Waals surface area contributed by atoms with Crippen molar-refractivity contribution in [2.24, 2.45) is 0 Å². The number of phenols is 3. The summed E-state index contributed by atoms with van der Waals surface area (Å²) < 4.78 is 45.0. The SMILES string of the molecule is COc1ccc(-c2oc3cc(O)cc(O)c3c(=O)c2O[C@@H]2O[C@H](CO[C@@H]3O[C@@H](C)[C@H](O)[C@@H](O)[C@H]3O)[C@H](O)[C@H](O)[C@H]2O[C@@H]2OC[C@](O)(CO)[C@H]2O)cc1O. The summed E-state index contributed by atoms with van der Waals surface area (Å²) in [4.78, 5) is 14.1. The van der Waals surface area contributed by atoms with Crippen LogP contribution in [0.5, 0.6) is 28.7 Å². The zero-order valence-electron chi connectivity index (χ0n) is 28.0. The maximum atomic E-state index is 14.1. The van der Waals surface area contributed by atoms with Crippen molar-refractivity contribution in [2.45, 2.75) is 86.3 Å². The minimum atomic E-state index is -2.18. The largest absolute Gasteiger partial charge is 0.508 e. The number of aliphatic hydroxyl groups is 8. The van der Waals surface area contributed by atoms with Crippen molar-refractivity contribution in [1.29, 1.82) is 0 Å². The van der Waals surface area contributed by atoms with E-state index in [9.17, 15) is 61.0 Å². The first-order valence-electron chi connectivity index (χ1n) is 16.3. The summed E-state index contributed by atoms with van der Waals surface area (Å²) in [6.07, 6.45) is -20.4. The minimum Gasteiger partial charge on any atom is -0.508 e. The molecule has 20 nitrogen and oxygen atoms in total. The second kappa shape index (κ2) is 15.1. The number of hydrogen-bond donors (Lipinski definition) is 11. The van der Waals surface area contributed by atoms with Gasteiger partial charge in [-0.15, -0.1) is 0 Å². The number of methoxy groups -OCH3 is 1. The third kappa shape index (κ3) is 7.22. The molecule has 0 amide bonds. The number of aromatic hydroxyl groups is 3. The Kier molecular flexibility index (Phi) is 11.1. The first-order chi connectivity index (χ1) is 25.1. The summed E-state index contributed by atoms with van der Waals surface area (Å²) in [5, 5.41) is 115. The molecule has 3 aromatic rings. The second-order valence-corrected chi connectivity index (χ2v) is 13.0. The van der Waals surface area contributed by atoms with Gasteiger partial charge in [0, 0.05) is 17.7 Å². The highest BCUT2D eigenvalue weighted by Gasteiger charge is 2.54. The number of hydrogen-bond acceptors (Lipinski definition) is 20. The molecule has 0 bridgehead atoms. The monoisotopic (exact) mass is 756 g/mol. The molecule has 13 atom stereocenters. The molecule has 0 unspecified atom stereocenters. The molecular weight excluding hydrogens is 716 g/mol. The molecule has 53 heavy (non-hydrogen) atoms. The van der Waals surface area contributed by atoms with Crippen molar-refractivity contribution in [3.05, 3.63) is 40.6 Å². The number of fused-ring (bicyclic) bond motifs is 1. The molecule has 3 saturated heterocycles. The molecule has 3 fully saturated rings. The van der Waals surface area contributed by atoms with Gasteiger partial charge in [-0.3, -0.25) is 4.79 Å². The van der Waals surface area contributed by atoms with Gasteiger partial charge in [-0.1, -0.05) is 0 Å². The van der Waals surface area contributed by atoms with Gasteiger partial charge in [-0.25, -0.2) is 0 Å². The Balaban J connectivity index is 1.40. The predicted octanol–water partition coefficient (Wildman–Crippen LogP) is -2.92. The van der Waals surface area contributed by atoms with Gasteiger partial charge in [-0.2, -0.15) is 0 Å². The van der Waals surface area contributed by atoms with Crippen LogP contribution in [0.3, 0.4) is 0 Å². The predicted molar refractivity (Wildman–Crippen MR) is 172 cm³/mol. The van der Waals surface area contributed by atoms with E-state index >= 15 is 0 Å². The van der Waals surface area contributed by atoms with E-state index in [0.29, 0.717) is 0 Å². The lowest BCUT2D eigenvalue weighted by Gasteiger charge is -2.44. The van der Waals surface area contributed by atoms with E-state index in [0.717, 1.165) is 18.2 Å². The molecule has 0 aliphatic carbocycles. The van der Waals surface area contributed by atoms with Crippen LogP contribution in [0.1, 0.15) is 6.92 Å². The summed E-state index contributed by atoms with van der Waals surface area (Å²) in [5.74, 6) is -2.68. The highest BCUT2D eigenvalue weighted by Crippen LogP contribution is 2.40. The van der Waals surface area contributed by atoms with E-state index in [2.05, 4.69) is 0 Å². The lowest BCUT2D eigenvalue weighted by Crippen LogP contribution is -2.63. The normalized spacial score (nSPS) is 36.1. The Labute approximate surface area is 298 Å². The topological polar surface area (TPSA) is 317 Å². The summed E-state index contributed by atoms with van der Waals surface area (Å²) >= 11 is 0. The Morgan fingerprint density at radius 1 is 0.868 bits per heavy atom. The first kappa shape index (κ1) is 38.8. The Morgan fingerprint density at radius 3 is 2.26 bits per heavy atom. The molecule has 3 aliphatic heterocycles.